The third kappa shape index (κ3) is 4.49. The number of rotatable bonds is 5. The summed E-state index contributed by atoms with van der Waals surface area (Å²) in [6.07, 6.45) is 1.01. The predicted molar refractivity (Wildman–Crippen MR) is 102 cm³/mol. The first-order valence-corrected chi connectivity index (χ1v) is 10.6. The second-order valence-corrected chi connectivity index (χ2v) is 8.87. The van der Waals surface area contributed by atoms with Crippen molar-refractivity contribution in [1.82, 2.24) is 0 Å². The molecule has 0 saturated heterocycles. The van der Waals surface area contributed by atoms with Gasteiger partial charge in [-0.1, -0.05) is 41.6 Å². The molecule has 0 radical (unpaired) electrons. The lowest BCUT2D eigenvalue weighted by Gasteiger charge is -2.08. The molecule has 0 aliphatic carbocycles. The number of sulfone groups is 1. The molecule has 8 heteroatoms. The summed E-state index contributed by atoms with van der Waals surface area (Å²) >= 11 is 7.81. The van der Waals surface area contributed by atoms with Crippen LogP contribution in [0.25, 0.3) is 0 Å². The van der Waals surface area contributed by atoms with Crippen LogP contribution in [0.3, 0.4) is 0 Å². The number of hydrogen-bond donors (Lipinski definition) is 1. The Hall–Kier alpha value is -2.22. The average molecular weight is 408 g/mol. The van der Waals surface area contributed by atoms with Gasteiger partial charge in [-0.25, -0.2) is 8.42 Å². The quantitative estimate of drug-likeness (QED) is 0.661. The third-order valence-corrected chi connectivity index (χ3v) is 5.79. The van der Waals surface area contributed by atoms with Crippen LogP contribution >= 0.6 is 23.4 Å². The highest BCUT2D eigenvalue weighted by Gasteiger charge is 2.17. The SMILES string of the molecule is CS(=O)(=O)c1ccc(C(=O)Nc2ccc(Sc3ccccc3)c(Cl)c2)o1. The zero-order valence-electron chi connectivity index (χ0n) is 13.6. The smallest absolute Gasteiger partial charge is 0.291 e. The van der Waals surface area contributed by atoms with Crippen molar-refractivity contribution in [3.8, 4) is 0 Å². The Bertz CT molecular complexity index is 1050. The Balaban J connectivity index is 1.73. The van der Waals surface area contributed by atoms with Crippen molar-refractivity contribution >= 4 is 44.8 Å². The molecule has 1 N–H and O–H groups in total. The van der Waals surface area contributed by atoms with Crippen molar-refractivity contribution in [2.24, 2.45) is 0 Å². The largest absolute Gasteiger partial charge is 0.440 e. The van der Waals surface area contributed by atoms with E-state index >= 15 is 0 Å². The fourth-order valence-electron chi connectivity index (χ4n) is 2.11. The number of carbonyl (C=O) groups excluding carboxylic acids is 1. The van der Waals surface area contributed by atoms with Crippen LogP contribution in [0.5, 0.6) is 0 Å². The molecule has 5 nitrogen and oxygen atoms in total. The van der Waals surface area contributed by atoms with E-state index in [1.54, 1.807) is 18.2 Å². The third-order valence-electron chi connectivity index (χ3n) is 3.33. The van der Waals surface area contributed by atoms with E-state index in [-0.39, 0.29) is 10.9 Å². The van der Waals surface area contributed by atoms with Gasteiger partial charge in [0.15, 0.2) is 5.76 Å². The van der Waals surface area contributed by atoms with E-state index in [9.17, 15) is 13.2 Å². The van der Waals surface area contributed by atoms with Gasteiger partial charge in [-0.2, -0.15) is 0 Å². The summed E-state index contributed by atoms with van der Waals surface area (Å²) in [7, 11) is -3.50. The molecular weight excluding hydrogens is 394 g/mol. The highest BCUT2D eigenvalue weighted by molar-refractivity contribution is 7.99. The van der Waals surface area contributed by atoms with Gasteiger partial charge >= 0.3 is 0 Å². The average Bonchev–Trinajstić information content (AvgIpc) is 3.09. The first-order chi connectivity index (χ1) is 12.3. The minimum absolute atomic E-state index is 0.0933. The van der Waals surface area contributed by atoms with Crippen molar-refractivity contribution in [2.45, 2.75) is 14.9 Å². The van der Waals surface area contributed by atoms with Gasteiger partial charge in [-0.15, -0.1) is 0 Å². The second-order valence-electron chi connectivity index (χ2n) is 5.41. The lowest BCUT2D eigenvalue weighted by Crippen LogP contribution is -2.10. The number of nitrogens with one attached hydrogen (secondary N) is 1. The normalized spacial score (nSPS) is 11.3. The number of carbonyl (C=O) groups is 1. The summed E-state index contributed by atoms with van der Waals surface area (Å²) in [6, 6.07) is 17.5. The molecule has 1 amide bonds. The van der Waals surface area contributed by atoms with Crippen LogP contribution in [0.15, 0.2) is 80.0 Å². The highest BCUT2D eigenvalue weighted by Crippen LogP contribution is 2.34. The molecule has 0 fully saturated rings. The van der Waals surface area contributed by atoms with Gasteiger partial charge < -0.3 is 9.73 Å². The van der Waals surface area contributed by atoms with Gasteiger partial charge in [0.05, 0.1) is 5.02 Å². The van der Waals surface area contributed by atoms with Crippen LogP contribution in [0.1, 0.15) is 10.6 Å². The predicted octanol–water partition coefficient (Wildman–Crippen LogP) is 4.74. The molecule has 1 aromatic heterocycles. The standard InChI is InChI=1S/C18H14ClNO4S2/c1-26(22,23)17-10-8-15(24-17)18(21)20-12-7-9-16(14(19)11-12)25-13-5-3-2-4-6-13/h2-11H,1H3,(H,20,21). The van der Waals surface area contributed by atoms with Gasteiger partial charge in [0.2, 0.25) is 14.9 Å². The summed E-state index contributed by atoms with van der Waals surface area (Å²) in [5.41, 5.74) is 0.481. The molecule has 1 heterocycles. The first kappa shape index (κ1) is 18.6. The Morgan fingerprint density at radius 3 is 2.42 bits per heavy atom. The first-order valence-electron chi connectivity index (χ1n) is 7.46. The van der Waals surface area contributed by atoms with Crippen molar-refractivity contribution < 1.29 is 17.6 Å². The van der Waals surface area contributed by atoms with E-state index in [0.717, 1.165) is 16.0 Å². The molecule has 0 aliphatic heterocycles. The van der Waals surface area contributed by atoms with E-state index in [4.69, 9.17) is 16.0 Å². The van der Waals surface area contributed by atoms with Gasteiger partial charge in [-0.05, 0) is 42.5 Å². The minimum Gasteiger partial charge on any atom is -0.440 e. The fraction of sp³-hybridized carbons (Fsp3) is 0.0556. The zero-order chi connectivity index (χ0) is 18.7. The van der Waals surface area contributed by atoms with E-state index in [0.29, 0.717) is 10.7 Å². The molecule has 3 aromatic rings. The van der Waals surface area contributed by atoms with Crippen LogP contribution in [-0.4, -0.2) is 20.6 Å². The minimum atomic E-state index is -3.50. The number of furan rings is 1. The number of amides is 1. The number of anilines is 1. The Morgan fingerprint density at radius 1 is 1.08 bits per heavy atom. The molecule has 0 aliphatic rings. The van der Waals surface area contributed by atoms with E-state index < -0.39 is 15.7 Å². The maximum atomic E-state index is 12.2. The summed E-state index contributed by atoms with van der Waals surface area (Å²) in [4.78, 5) is 14.1. The van der Waals surface area contributed by atoms with Crippen molar-refractivity contribution in [3.05, 3.63) is 71.4 Å². The molecule has 3 rings (SSSR count). The van der Waals surface area contributed by atoms with Gasteiger partial charge in [0, 0.05) is 21.7 Å². The maximum Gasteiger partial charge on any atom is 0.291 e. The number of hydrogen-bond acceptors (Lipinski definition) is 5. The summed E-state index contributed by atoms with van der Waals surface area (Å²) in [6.45, 7) is 0. The van der Waals surface area contributed by atoms with Gasteiger partial charge in [-0.3, -0.25) is 4.79 Å². The molecule has 26 heavy (non-hydrogen) atoms. The Kier molecular flexibility index (Phi) is 5.41. The molecule has 2 aromatic carbocycles. The topological polar surface area (TPSA) is 76.4 Å². The summed E-state index contributed by atoms with van der Waals surface area (Å²) in [5.74, 6) is -0.649. The second kappa shape index (κ2) is 7.57. The van der Waals surface area contributed by atoms with Crippen LogP contribution in [-0.2, 0) is 9.84 Å². The lowest BCUT2D eigenvalue weighted by atomic mass is 10.3. The molecule has 0 atom stereocenters. The lowest BCUT2D eigenvalue weighted by molar-refractivity contribution is 0.0991. The number of benzene rings is 2. The Morgan fingerprint density at radius 2 is 1.81 bits per heavy atom. The van der Waals surface area contributed by atoms with Crippen molar-refractivity contribution in [3.63, 3.8) is 0 Å². The summed E-state index contributed by atoms with van der Waals surface area (Å²) < 4.78 is 27.9. The summed E-state index contributed by atoms with van der Waals surface area (Å²) in [5, 5.41) is 2.87. The molecular formula is C18H14ClNO4S2. The molecule has 0 spiro atoms. The van der Waals surface area contributed by atoms with Crippen LogP contribution in [0.2, 0.25) is 5.02 Å². The maximum absolute atomic E-state index is 12.2. The fourth-order valence-corrected chi connectivity index (χ4v) is 3.80. The monoisotopic (exact) mass is 407 g/mol. The zero-order valence-corrected chi connectivity index (χ0v) is 16.0. The highest BCUT2D eigenvalue weighted by atomic mass is 35.5. The van der Waals surface area contributed by atoms with Crippen molar-refractivity contribution in [2.75, 3.05) is 11.6 Å². The number of halogens is 1. The Labute approximate surface area is 160 Å². The van der Waals surface area contributed by atoms with Gasteiger partial charge in [0.25, 0.3) is 5.91 Å². The van der Waals surface area contributed by atoms with Crippen LogP contribution in [0.4, 0.5) is 5.69 Å². The molecule has 134 valence electrons. The van der Waals surface area contributed by atoms with Crippen molar-refractivity contribution in [1.29, 1.82) is 0 Å². The van der Waals surface area contributed by atoms with Crippen LogP contribution in [0, 0.1) is 0 Å². The van der Waals surface area contributed by atoms with E-state index in [1.807, 2.05) is 30.3 Å². The van der Waals surface area contributed by atoms with Gasteiger partial charge in [0.1, 0.15) is 0 Å². The molecule has 0 bridgehead atoms. The van der Waals surface area contributed by atoms with E-state index in [2.05, 4.69) is 5.32 Å². The van der Waals surface area contributed by atoms with E-state index in [1.165, 1.54) is 23.9 Å². The molecule has 0 unspecified atom stereocenters. The van der Waals surface area contributed by atoms with Crippen LogP contribution < -0.4 is 5.32 Å². The molecule has 0 saturated carbocycles.